The number of carbonyl (C=O) groups excluding carboxylic acids is 1. The second-order valence-electron chi connectivity index (χ2n) is 6.63. The molecule has 8 nitrogen and oxygen atoms in total. The first kappa shape index (κ1) is 17.8. The summed E-state index contributed by atoms with van der Waals surface area (Å²) < 4.78 is 0. The molecule has 0 saturated carbocycles. The Morgan fingerprint density at radius 1 is 0.964 bits per heavy atom. The third-order valence-electron chi connectivity index (χ3n) is 4.58. The summed E-state index contributed by atoms with van der Waals surface area (Å²) in [7, 11) is 0. The van der Waals surface area contributed by atoms with Gasteiger partial charge < -0.3 is 15.1 Å². The zero-order chi connectivity index (χ0) is 19.3. The van der Waals surface area contributed by atoms with E-state index in [1.54, 1.807) is 35.5 Å². The van der Waals surface area contributed by atoms with Gasteiger partial charge in [-0.1, -0.05) is 12.1 Å². The molecule has 3 heterocycles. The number of aromatic nitrogens is 4. The van der Waals surface area contributed by atoms with Gasteiger partial charge >= 0.3 is 0 Å². The average Bonchev–Trinajstić information content (AvgIpc) is 2.75. The highest BCUT2D eigenvalue weighted by Crippen LogP contribution is 2.16. The fourth-order valence-corrected chi connectivity index (χ4v) is 3.11. The van der Waals surface area contributed by atoms with Crippen molar-refractivity contribution in [3.63, 3.8) is 0 Å². The summed E-state index contributed by atoms with van der Waals surface area (Å²) in [4.78, 5) is 25.1. The van der Waals surface area contributed by atoms with Crippen LogP contribution >= 0.6 is 0 Å². The van der Waals surface area contributed by atoms with Crippen LogP contribution in [0.4, 0.5) is 17.5 Å². The van der Waals surface area contributed by atoms with Gasteiger partial charge in [0.2, 0.25) is 5.95 Å². The van der Waals surface area contributed by atoms with E-state index in [2.05, 4.69) is 30.4 Å². The van der Waals surface area contributed by atoms with Gasteiger partial charge in [-0.05, 0) is 42.8 Å². The smallest absolute Gasteiger partial charge is 0.274 e. The third kappa shape index (κ3) is 4.06. The van der Waals surface area contributed by atoms with E-state index in [1.165, 1.54) is 0 Å². The number of anilines is 3. The molecule has 1 aliphatic rings. The summed E-state index contributed by atoms with van der Waals surface area (Å²) in [6, 6.07) is 13.3. The van der Waals surface area contributed by atoms with Crippen LogP contribution < -0.4 is 10.2 Å². The number of hydrogen-bond acceptors (Lipinski definition) is 7. The van der Waals surface area contributed by atoms with E-state index in [0.717, 1.165) is 11.3 Å². The van der Waals surface area contributed by atoms with Crippen LogP contribution in [0.1, 0.15) is 16.1 Å². The van der Waals surface area contributed by atoms with Gasteiger partial charge in [-0.3, -0.25) is 4.79 Å². The van der Waals surface area contributed by atoms with Crippen LogP contribution in [0.25, 0.3) is 0 Å². The first-order valence-electron chi connectivity index (χ1n) is 9.18. The molecule has 1 fully saturated rings. The Hall–Kier alpha value is -3.55. The molecular formula is C20H21N7O. The van der Waals surface area contributed by atoms with Gasteiger partial charge in [0, 0.05) is 44.3 Å². The molecule has 0 bridgehead atoms. The molecule has 0 aliphatic carbocycles. The third-order valence-corrected chi connectivity index (χ3v) is 4.58. The Kier molecular flexibility index (Phi) is 5.09. The fraction of sp³-hybridized carbons (Fsp3) is 0.250. The molecule has 0 unspecified atom stereocenters. The molecule has 8 heteroatoms. The van der Waals surface area contributed by atoms with Crippen LogP contribution in [0.3, 0.4) is 0 Å². The van der Waals surface area contributed by atoms with Gasteiger partial charge in [-0.15, -0.1) is 10.2 Å². The van der Waals surface area contributed by atoms with Gasteiger partial charge in [-0.25, -0.2) is 9.97 Å². The molecular weight excluding hydrogens is 354 g/mol. The first-order chi connectivity index (χ1) is 13.7. The van der Waals surface area contributed by atoms with E-state index in [1.807, 2.05) is 31.2 Å². The molecule has 2 aromatic heterocycles. The van der Waals surface area contributed by atoms with E-state index in [9.17, 15) is 4.79 Å². The van der Waals surface area contributed by atoms with Crippen molar-refractivity contribution in [3.05, 3.63) is 66.1 Å². The number of amides is 1. The topological polar surface area (TPSA) is 87.1 Å². The van der Waals surface area contributed by atoms with Crippen LogP contribution in [0.5, 0.6) is 0 Å². The minimum absolute atomic E-state index is 0.108. The molecule has 142 valence electrons. The molecule has 1 aliphatic heterocycles. The van der Waals surface area contributed by atoms with Crippen molar-refractivity contribution in [2.45, 2.75) is 6.92 Å². The van der Waals surface area contributed by atoms with Crippen LogP contribution in [0, 0.1) is 6.92 Å². The van der Waals surface area contributed by atoms with Gasteiger partial charge in [0.15, 0.2) is 11.5 Å². The van der Waals surface area contributed by atoms with Crippen molar-refractivity contribution in [3.8, 4) is 0 Å². The largest absolute Gasteiger partial charge is 0.339 e. The molecule has 4 rings (SSSR count). The number of nitrogens with zero attached hydrogens (tertiary/aromatic N) is 6. The highest BCUT2D eigenvalue weighted by Gasteiger charge is 2.24. The van der Waals surface area contributed by atoms with Crippen LogP contribution in [0.2, 0.25) is 0 Å². The maximum Gasteiger partial charge on any atom is 0.274 e. The SMILES string of the molecule is Cc1cccc(Nc2ccc(C(=O)N3CCN(c4ncccn4)CC3)nn2)c1. The van der Waals surface area contributed by atoms with Crippen LogP contribution in [-0.4, -0.2) is 57.2 Å². The van der Waals surface area contributed by atoms with Gasteiger partial charge in [0.25, 0.3) is 5.91 Å². The highest BCUT2D eigenvalue weighted by atomic mass is 16.2. The van der Waals surface area contributed by atoms with Crippen molar-refractivity contribution < 1.29 is 4.79 Å². The molecule has 3 aromatic rings. The Balaban J connectivity index is 1.36. The van der Waals surface area contributed by atoms with Crippen molar-refractivity contribution in [2.24, 2.45) is 0 Å². The molecule has 0 spiro atoms. The highest BCUT2D eigenvalue weighted by molar-refractivity contribution is 5.92. The zero-order valence-electron chi connectivity index (χ0n) is 15.6. The number of hydrogen-bond donors (Lipinski definition) is 1. The van der Waals surface area contributed by atoms with Gasteiger partial charge in [-0.2, -0.15) is 0 Å². The van der Waals surface area contributed by atoms with E-state index < -0.39 is 0 Å². The molecule has 0 atom stereocenters. The molecule has 1 aromatic carbocycles. The second kappa shape index (κ2) is 7.99. The van der Waals surface area contributed by atoms with Crippen LogP contribution in [0.15, 0.2) is 54.9 Å². The van der Waals surface area contributed by atoms with E-state index >= 15 is 0 Å². The predicted molar refractivity (Wildman–Crippen MR) is 107 cm³/mol. The lowest BCUT2D eigenvalue weighted by Crippen LogP contribution is -2.49. The summed E-state index contributed by atoms with van der Waals surface area (Å²) in [6.07, 6.45) is 3.45. The van der Waals surface area contributed by atoms with Crippen molar-refractivity contribution in [1.82, 2.24) is 25.1 Å². The summed E-state index contributed by atoms with van der Waals surface area (Å²) in [5.41, 5.74) is 2.44. The second-order valence-corrected chi connectivity index (χ2v) is 6.63. The molecule has 0 radical (unpaired) electrons. The van der Waals surface area contributed by atoms with E-state index in [4.69, 9.17) is 0 Å². The lowest BCUT2D eigenvalue weighted by Gasteiger charge is -2.34. The lowest BCUT2D eigenvalue weighted by molar-refractivity contribution is 0.0739. The Labute approximate surface area is 163 Å². The fourth-order valence-electron chi connectivity index (χ4n) is 3.11. The maximum atomic E-state index is 12.7. The zero-order valence-corrected chi connectivity index (χ0v) is 15.6. The number of piperazine rings is 1. The number of aryl methyl sites for hydroxylation is 1. The van der Waals surface area contributed by atoms with Crippen LogP contribution in [-0.2, 0) is 0 Å². The summed E-state index contributed by atoms with van der Waals surface area (Å²) in [5.74, 6) is 1.19. The first-order valence-corrected chi connectivity index (χ1v) is 9.18. The minimum Gasteiger partial charge on any atom is -0.339 e. The van der Waals surface area contributed by atoms with E-state index in [-0.39, 0.29) is 5.91 Å². The standard InChI is InChI=1S/C20H21N7O/c1-15-4-2-5-16(14-15)23-18-7-6-17(24-25-18)19(28)26-10-12-27(13-11-26)20-21-8-3-9-22-20/h2-9,14H,10-13H2,1H3,(H,23,25). The Morgan fingerprint density at radius 2 is 1.75 bits per heavy atom. The number of carbonyl (C=O) groups is 1. The Morgan fingerprint density at radius 3 is 2.43 bits per heavy atom. The average molecular weight is 375 g/mol. The van der Waals surface area contributed by atoms with E-state index in [0.29, 0.717) is 43.6 Å². The minimum atomic E-state index is -0.108. The number of benzene rings is 1. The number of rotatable bonds is 4. The summed E-state index contributed by atoms with van der Waals surface area (Å²) >= 11 is 0. The molecule has 1 N–H and O–H groups in total. The maximum absolute atomic E-state index is 12.7. The summed E-state index contributed by atoms with van der Waals surface area (Å²) in [5, 5.41) is 11.4. The van der Waals surface area contributed by atoms with Crippen molar-refractivity contribution >= 4 is 23.4 Å². The normalized spacial score (nSPS) is 14.0. The number of nitrogens with one attached hydrogen (secondary N) is 1. The molecule has 1 saturated heterocycles. The lowest BCUT2D eigenvalue weighted by atomic mass is 10.2. The molecule has 1 amide bonds. The Bertz CT molecular complexity index is 938. The monoisotopic (exact) mass is 375 g/mol. The quantitative estimate of drug-likeness (QED) is 0.748. The summed E-state index contributed by atoms with van der Waals surface area (Å²) in [6.45, 7) is 4.61. The van der Waals surface area contributed by atoms with Gasteiger partial charge in [0.1, 0.15) is 0 Å². The molecule has 28 heavy (non-hydrogen) atoms. The van der Waals surface area contributed by atoms with Crippen molar-refractivity contribution in [2.75, 3.05) is 36.4 Å². The van der Waals surface area contributed by atoms with Crippen molar-refractivity contribution in [1.29, 1.82) is 0 Å². The van der Waals surface area contributed by atoms with Gasteiger partial charge in [0.05, 0.1) is 0 Å². The predicted octanol–water partition coefficient (Wildman–Crippen LogP) is 2.28.